The standard InChI is InChI=1S/C18H14BrNO3S/c1-11-2-4-12(5-3-11)10-20-17(22)16(24-18(20)23)9-13-8-14(19)6-7-15(13)21/h2-9,21H,10H2,1H3/b16-9-. The molecule has 6 heteroatoms. The second kappa shape index (κ2) is 6.83. The number of carbonyl (C=O) groups excluding carboxylic acids is 2. The van der Waals surface area contributed by atoms with Gasteiger partial charge in [0.25, 0.3) is 11.1 Å². The fraction of sp³-hybridized carbons (Fsp3) is 0.111. The molecule has 3 rings (SSSR count). The van der Waals surface area contributed by atoms with Gasteiger partial charge in [0.2, 0.25) is 0 Å². The van der Waals surface area contributed by atoms with Crippen molar-refractivity contribution in [3.63, 3.8) is 0 Å². The van der Waals surface area contributed by atoms with Crippen LogP contribution in [0.3, 0.4) is 0 Å². The van der Waals surface area contributed by atoms with Gasteiger partial charge in [0.1, 0.15) is 5.75 Å². The molecule has 122 valence electrons. The number of phenolic OH excluding ortho intramolecular Hbond substituents is 1. The van der Waals surface area contributed by atoms with E-state index >= 15 is 0 Å². The smallest absolute Gasteiger partial charge is 0.293 e. The summed E-state index contributed by atoms with van der Waals surface area (Å²) in [5.74, 6) is -0.284. The number of halogens is 1. The summed E-state index contributed by atoms with van der Waals surface area (Å²) < 4.78 is 0.783. The van der Waals surface area contributed by atoms with Gasteiger partial charge < -0.3 is 5.11 Å². The Morgan fingerprint density at radius 1 is 1.17 bits per heavy atom. The number of nitrogens with zero attached hydrogens (tertiary/aromatic N) is 1. The van der Waals surface area contributed by atoms with Gasteiger partial charge in [0.15, 0.2) is 0 Å². The number of thioether (sulfide) groups is 1. The predicted molar refractivity (Wildman–Crippen MR) is 98.5 cm³/mol. The molecule has 24 heavy (non-hydrogen) atoms. The molecule has 0 atom stereocenters. The number of amides is 2. The van der Waals surface area contributed by atoms with Crippen molar-refractivity contribution in [3.8, 4) is 5.75 Å². The molecule has 2 amide bonds. The van der Waals surface area contributed by atoms with Crippen LogP contribution >= 0.6 is 27.7 Å². The third-order valence-corrected chi connectivity index (χ3v) is 5.01. The van der Waals surface area contributed by atoms with Gasteiger partial charge in [0.05, 0.1) is 11.4 Å². The average molecular weight is 404 g/mol. The van der Waals surface area contributed by atoms with E-state index in [0.29, 0.717) is 10.5 Å². The lowest BCUT2D eigenvalue weighted by Crippen LogP contribution is -2.27. The molecule has 0 aromatic heterocycles. The van der Waals surface area contributed by atoms with Gasteiger partial charge in [0, 0.05) is 10.0 Å². The predicted octanol–water partition coefficient (Wildman–Crippen LogP) is 4.70. The van der Waals surface area contributed by atoms with Gasteiger partial charge in [-0.15, -0.1) is 0 Å². The first-order valence-electron chi connectivity index (χ1n) is 7.23. The zero-order valence-corrected chi connectivity index (χ0v) is 15.2. The van der Waals surface area contributed by atoms with E-state index in [0.717, 1.165) is 27.4 Å². The number of imide groups is 1. The van der Waals surface area contributed by atoms with Crippen molar-refractivity contribution >= 4 is 44.9 Å². The van der Waals surface area contributed by atoms with Gasteiger partial charge in [-0.05, 0) is 48.5 Å². The van der Waals surface area contributed by atoms with Gasteiger partial charge >= 0.3 is 0 Å². The third kappa shape index (κ3) is 3.55. The molecule has 1 saturated heterocycles. The maximum Gasteiger partial charge on any atom is 0.293 e. The molecule has 2 aromatic rings. The molecule has 0 unspecified atom stereocenters. The first-order chi connectivity index (χ1) is 11.4. The molecule has 1 aliphatic rings. The van der Waals surface area contributed by atoms with Gasteiger partial charge in [-0.2, -0.15) is 0 Å². The highest BCUT2D eigenvalue weighted by Gasteiger charge is 2.35. The molecule has 2 aromatic carbocycles. The number of rotatable bonds is 3. The molecule has 0 radical (unpaired) electrons. The summed E-state index contributed by atoms with van der Waals surface area (Å²) in [4.78, 5) is 26.2. The summed E-state index contributed by atoms with van der Waals surface area (Å²) in [5.41, 5.74) is 2.51. The topological polar surface area (TPSA) is 57.6 Å². The number of phenols is 1. The van der Waals surface area contributed by atoms with Crippen LogP contribution in [0.4, 0.5) is 4.79 Å². The van der Waals surface area contributed by atoms with Crippen molar-refractivity contribution in [1.29, 1.82) is 0 Å². The average Bonchev–Trinajstić information content (AvgIpc) is 2.80. The highest BCUT2D eigenvalue weighted by Crippen LogP contribution is 2.35. The normalized spacial score (nSPS) is 16.2. The van der Waals surface area contributed by atoms with Crippen LogP contribution in [-0.4, -0.2) is 21.2 Å². The summed E-state index contributed by atoms with van der Waals surface area (Å²) >= 11 is 4.21. The third-order valence-electron chi connectivity index (χ3n) is 3.61. The summed E-state index contributed by atoms with van der Waals surface area (Å²) in [7, 11) is 0. The Balaban J connectivity index is 1.84. The maximum atomic E-state index is 12.5. The molecule has 1 fully saturated rings. The minimum absolute atomic E-state index is 0.0588. The Morgan fingerprint density at radius 2 is 1.88 bits per heavy atom. The van der Waals surface area contributed by atoms with E-state index in [1.165, 1.54) is 11.0 Å². The Hall–Kier alpha value is -2.05. The first kappa shape index (κ1) is 16.8. The van der Waals surface area contributed by atoms with E-state index in [9.17, 15) is 14.7 Å². The van der Waals surface area contributed by atoms with Crippen molar-refractivity contribution in [2.45, 2.75) is 13.5 Å². The minimum atomic E-state index is -0.343. The van der Waals surface area contributed by atoms with Crippen LogP contribution in [-0.2, 0) is 11.3 Å². The van der Waals surface area contributed by atoms with Crippen LogP contribution < -0.4 is 0 Å². The quantitative estimate of drug-likeness (QED) is 0.754. The van der Waals surface area contributed by atoms with Crippen molar-refractivity contribution in [1.82, 2.24) is 4.90 Å². The van der Waals surface area contributed by atoms with E-state index in [4.69, 9.17) is 0 Å². The van der Waals surface area contributed by atoms with Crippen LogP contribution in [0.2, 0.25) is 0 Å². The highest BCUT2D eigenvalue weighted by molar-refractivity contribution is 9.10. The molecule has 0 saturated carbocycles. The van der Waals surface area contributed by atoms with Crippen molar-refractivity contribution in [2.75, 3.05) is 0 Å². The molecular weight excluding hydrogens is 390 g/mol. The number of hydrogen-bond donors (Lipinski definition) is 1. The van der Waals surface area contributed by atoms with E-state index in [2.05, 4.69) is 15.9 Å². The molecule has 0 bridgehead atoms. The van der Waals surface area contributed by atoms with Gasteiger partial charge in [-0.1, -0.05) is 45.8 Å². The van der Waals surface area contributed by atoms with Crippen LogP contribution in [0.1, 0.15) is 16.7 Å². The zero-order valence-electron chi connectivity index (χ0n) is 12.8. The lowest BCUT2D eigenvalue weighted by molar-refractivity contribution is -0.123. The maximum absolute atomic E-state index is 12.5. The van der Waals surface area contributed by atoms with E-state index in [1.807, 2.05) is 31.2 Å². The van der Waals surface area contributed by atoms with Gasteiger partial charge in [-0.25, -0.2) is 0 Å². The summed E-state index contributed by atoms with van der Waals surface area (Å²) in [6, 6.07) is 12.6. The highest BCUT2D eigenvalue weighted by atomic mass is 79.9. The lowest BCUT2D eigenvalue weighted by atomic mass is 10.1. The molecule has 0 aliphatic carbocycles. The van der Waals surface area contributed by atoms with Crippen molar-refractivity contribution < 1.29 is 14.7 Å². The number of benzene rings is 2. The largest absolute Gasteiger partial charge is 0.507 e. The first-order valence-corrected chi connectivity index (χ1v) is 8.84. The molecule has 1 N–H and O–H groups in total. The van der Waals surface area contributed by atoms with E-state index in [-0.39, 0.29) is 23.4 Å². The van der Waals surface area contributed by atoms with Crippen LogP contribution in [0.25, 0.3) is 6.08 Å². The molecule has 1 aliphatic heterocycles. The molecule has 0 spiro atoms. The Bertz CT molecular complexity index is 846. The Morgan fingerprint density at radius 3 is 2.58 bits per heavy atom. The second-order valence-electron chi connectivity index (χ2n) is 5.46. The van der Waals surface area contributed by atoms with E-state index < -0.39 is 0 Å². The number of aryl methyl sites for hydroxylation is 1. The number of hydrogen-bond acceptors (Lipinski definition) is 4. The number of carbonyl (C=O) groups is 2. The number of aromatic hydroxyl groups is 1. The fourth-order valence-electron chi connectivity index (χ4n) is 2.29. The molecule has 4 nitrogen and oxygen atoms in total. The lowest BCUT2D eigenvalue weighted by Gasteiger charge is -2.12. The fourth-order valence-corrected chi connectivity index (χ4v) is 3.50. The van der Waals surface area contributed by atoms with Crippen LogP contribution in [0.15, 0.2) is 51.8 Å². The monoisotopic (exact) mass is 403 g/mol. The SMILES string of the molecule is Cc1ccc(CN2C(=O)S/C(=C\c3cc(Br)ccc3O)C2=O)cc1. The van der Waals surface area contributed by atoms with E-state index in [1.54, 1.807) is 18.2 Å². The summed E-state index contributed by atoms with van der Waals surface area (Å²) in [6.07, 6.45) is 1.54. The summed E-state index contributed by atoms with van der Waals surface area (Å²) in [5, 5.41) is 9.59. The Kier molecular flexibility index (Phi) is 4.78. The second-order valence-corrected chi connectivity index (χ2v) is 7.37. The summed E-state index contributed by atoms with van der Waals surface area (Å²) in [6.45, 7) is 2.23. The minimum Gasteiger partial charge on any atom is -0.507 e. The zero-order chi connectivity index (χ0) is 17.3. The van der Waals surface area contributed by atoms with Crippen LogP contribution in [0.5, 0.6) is 5.75 Å². The van der Waals surface area contributed by atoms with Crippen LogP contribution in [0, 0.1) is 6.92 Å². The molecular formula is C18H14BrNO3S. The van der Waals surface area contributed by atoms with Crippen molar-refractivity contribution in [2.24, 2.45) is 0 Å². The Labute approximate surface area is 152 Å². The molecule has 1 heterocycles. The van der Waals surface area contributed by atoms with Crippen molar-refractivity contribution in [3.05, 3.63) is 68.5 Å². The van der Waals surface area contributed by atoms with Gasteiger partial charge in [-0.3, -0.25) is 14.5 Å².